The zero-order valence-electron chi connectivity index (χ0n) is 11.9. The maximum Gasteiger partial charge on any atom is 0.221 e. The van der Waals surface area contributed by atoms with Crippen molar-refractivity contribution in [2.75, 3.05) is 0 Å². The zero-order chi connectivity index (χ0) is 13.6. The number of carbonyl (C=O) groups is 1. The Morgan fingerprint density at radius 2 is 1.56 bits per heavy atom. The van der Waals surface area contributed by atoms with E-state index < -0.39 is 6.23 Å². The van der Waals surface area contributed by atoms with Crippen LogP contribution in [0, 0.1) is 6.92 Å². The van der Waals surface area contributed by atoms with Crippen LogP contribution < -0.4 is 5.32 Å². The number of unbranched alkanes of at least 4 members (excludes halogenated alkanes) is 8. The molecule has 0 bridgehead atoms. The molecule has 0 aromatic carbocycles. The second-order valence-corrected chi connectivity index (χ2v) is 4.95. The third kappa shape index (κ3) is 11.9. The van der Waals surface area contributed by atoms with Crippen LogP contribution in [0.2, 0.25) is 0 Å². The van der Waals surface area contributed by atoms with Gasteiger partial charge in [-0.3, -0.25) is 4.79 Å². The minimum atomic E-state index is -0.781. The number of aliphatic hydroxyl groups excluding tert-OH is 1. The summed E-state index contributed by atoms with van der Waals surface area (Å²) in [5.41, 5.74) is 0. The third-order valence-electron chi connectivity index (χ3n) is 3.11. The number of nitrogens with one attached hydrogen (secondary N) is 1. The quantitative estimate of drug-likeness (QED) is 0.414. The lowest BCUT2D eigenvalue weighted by Gasteiger charge is -2.09. The van der Waals surface area contributed by atoms with Crippen LogP contribution in [0.1, 0.15) is 77.6 Å². The second kappa shape index (κ2) is 12.9. The van der Waals surface area contributed by atoms with E-state index >= 15 is 0 Å². The maximum absolute atomic E-state index is 11.3. The number of hydrogen-bond acceptors (Lipinski definition) is 2. The van der Waals surface area contributed by atoms with Gasteiger partial charge in [0, 0.05) is 6.42 Å². The van der Waals surface area contributed by atoms with E-state index in [1.807, 2.05) is 0 Å². The lowest BCUT2D eigenvalue weighted by molar-refractivity contribution is -0.124. The molecule has 3 heteroatoms. The van der Waals surface area contributed by atoms with Crippen LogP contribution in [0.5, 0.6) is 0 Å². The summed E-state index contributed by atoms with van der Waals surface area (Å²) in [5.74, 6) is -0.0610. The average molecular weight is 256 g/mol. The van der Waals surface area contributed by atoms with E-state index in [0.717, 1.165) is 12.8 Å². The molecule has 1 radical (unpaired) electrons. The van der Waals surface area contributed by atoms with Gasteiger partial charge in [-0.2, -0.15) is 0 Å². The highest BCUT2D eigenvalue weighted by Crippen LogP contribution is 2.10. The predicted molar refractivity (Wildman–Crippen MR) is 76.0 cm³/mol. The van der Waals surface area contributed by atoms with Gasteiger partial charge < -0.3 is 10.4 Å². The van der Waals surface area contributed by atoms with E-state index in [0.29, 0.717) is 12.8 Å². The smallest absolute Gasteiger partial charge is 0.221 e. The summed E-state index contributed by atoms with van der Waals surface area (Å²) >= 11 is 0. The Balaban J connectivity index is 3.17. The van der Waals surface area contributed by atoms with E-state index in [1.54, 1.807) is 0 Å². The molecule has 1 unspecified atom stereocenters. The van der Waals surface area contributed by atoms with Crippen molar-refractivity contribution in [3.05, 3.63) is 6.92 Å². The Labute approximate surface area is 112 Å². The first-order valence-electron chi connectivity index (χ1n) is 7.47. The van der Waals surface area contributed by atoms with Crippen LogP contribution in [0.25, 0.3) is 0 Å². The van der Waals surface area contributed by atoms with E-state index in [4.69, 9.17) is 0 Å². The number of carbonyl (C=O) groups excluding carboxylic acids is 1. The first-order chi connectivity index (χ1) is 8.70. The van der Waals surface area contributed by atoms with E-state index in [-0.39, 0.29) is 5.91 Å². The summed E-state index contributed by atoms with van der Waals surface area (Å²) in [6.45, 7) is 5.76. The topological polar surface area (TPSA) is 49.3 Å². The molecule has 1 atom stereocenters. The molecule has 0 saturated carbocycles. The summed E-state index contributed by atoms with van der Waals surface area (Å²) in [6.07, 6.45) is 11.3. The van der Waals surface area contributed by atoms with Crippen molar-refractivity contribution < 1.29 is 9.90 Å². The summed E-state index contributed by atoms with van der Waals surface area (Å²) in [6, 6.07) is 0. The van der Waals surface area contributed by atoms with Crippen molar-refractivity contribution in [3.8, 4) is 0 Å². The van der Waals surface area contributed by atoms with Gasteiger partial charge in [-0.25, -0.2) is 0 Å². The zero-order valence-corrected chi connectivity index (χ0v) is 11.9. The Hall–Kier alpha value is -0.570. The molecule has 0 aliphatic rings. The normalized spacial score (nSPS) is 12.4. The number of amides is 1. The van der Waals surface area contributed by atoms with Crippen LogP contribution >= 0.6 is 0 Å². The van der Waals surface area contributed by atoms with Crippen LogP contribution in [-0.2, 0) is 4.79 Å². The Kier molecular flexibility index (Phi) is 12.5. The van der Waals surface area contributed by atoms with Crippen molar-refractivity contribution in [1.29, 1.82) is 0 Å². The van der Waals surface area contributed by atoms with E-state index in [2.05, 4.69) is 19.2 Å². The fourth-order valence-corrected chi connectivity index (χ4v) is 1.93. The lowest BCUT2D eigenvalue weighted by atomic mass is 10.1. The molecule has 0 heterocycles. The first kappa shape index (κ1) is 17.4. The largest absolute Gasteiger partial charge is 0.374 e. The van der Waals surface area contributed by atoms with Crippen LogP contribution in [0.15, 0.2) is 0 Å². The summed E-state index contributed by atoms with van der Waals surface area (Å²) in [7, 11) is 0. The molecule has 0 fully saturated rings. The molecule has 0 rings (SSSR count). The SMILES string of the molecule is [CH2]CC(O)NC(=O)CCCCCCCCCCC. The van der Waals surface area contributed by atoms with Crippen LogP contribution in [0.3, 0.4) is 0 Å². The second-order valence-electron chi connectivity index (χ2n) is 4.95. The highest BCUT2D eigenvalue weighted by molar-refractivity contribution is 5.75. The predicted octanol–water partition coefficient (Wildman–Crippen LogP) is 3.57. The van der Waals surface area contributed by atoms with Crippen molar-refractivity contribution in [2.24, 2.45) is 0 Å². The molecule has 18 heavy (non-hydrogen) atoms. The summed E-state index contributed by atoms with van der Waals surface area (Å²) < 4.78 is 0. The van der Waals surface area contributed by atoms with Gasteiger partial charge in [-0.05, 0) is 19.8 Å². The Morgan fingerprint density at radius 1 is 1.06 bits per heavy atom. The number of hydrogen-bond donors (Lipinski definition) is 2. The fourth-order valence-electron chi connectivity index (χ4n) is 1.93. The summed E-state index contributed by atoms with van der Waals surface area (Å²) in [5, 5.41) is 11.7. The number of aliphatic hydroxyl groups is 1. The molecule has 3 nitrogen and oxygen atoms in total. The van der Waals surface area contributed by atoms with Gasteiger partial charge >= 0.3 is 0 Å². The lowest BCUT2D eigenvalue weighted by Crippen LogP contribution is -2.33. The van der Waals surface area contributed by atoms with E-state index in [9.17, 15) is 9.90 Å². The summed E-state index contributed by atoms with van der Waals surface area (Å²) in [4.78, 5) is 11.3. The molecular weight excluding hydrogens is 226 g/mol. The molecule has 0 aromatic rings. The molecule has 0 saturated heterocycles. The Bertz CT molecular complexity index is 195. The minimum absolute atomic E-state index is 0.0610. The highest BCUT2D eigenvalue weighted by atomic mass is 16.3. The molecule has 0 spiro atoms. The molecule has 107 valence electrons. The van der Waals surface area contributed by atoms with Crippen LogP contribution in [-0.4, -0.2) is 17.2 Å². The Morgan fingerprint density at radius 3 is 2.06 bits per heavy atom. The third-order valence-corrected chi connectivity index (χ3v) is 3.11. The van der Waals surface area contributed by atoms with Gasteiger partial charge in [0.25, 0.3) is 0 Å². The van der Waals surface area contributed by atoms with Gasteiger partial charge in [-0.15, -0.1) is 0 Å². The first-order valence-corrected chi connectivity index (χ1v) is 7.47. The maximum atomic E-state index is 11.3. The standard InChI is InChI=1S/C15H30NO2/c1-3-5-6-7-8-9-10-11-12-13-15(18)16-14(17)4-2/h14,17H,2-13H2,1H3,(H,16,18). The fraction of sp³-hybridized carbons (Fsp3) is 0.867. The molecule has 2 N–H and O–H groups in total. The minimum Gasteiger partial charge on any atom is -0.374 e. The highest BCUT2D eigenvalue weighted by Gasteiger charge is 2.05. The van der Waals surface area contributed by atoms with Gasteiger partial charge in [0.1, 0.15) is 6.23 Å². The molecular formula is C15H30NO2. The average Bonchev–Trinajstić information content (AvgIpc) is 2.36. The van der Waals surface area contributed by atoms with Gasteiger partial charge in [0.15, 0.2) is 0 Å². The van der Waals surface area contributed by atoms with Crippen molar-refractivity contribution in [2.45, 2.75) is 83.8 Å². The molecule has 0 aliphatic carbocycles. The molecule has 0 aliphatic heterocycles. The van der Waals surface area contributed by atoms with Crippen molar-refractivity contribution in [1.82, 2.24) is 5.32 Å². The van der Waals surface area contributed by atoms with Crippen molar-refractivity contribution >= 4 is 5.91 Å². The van der Waals surface area contributed by atoms with Gasteiger partial charge in [0.05, 0.1) is 0 Å². The van der Waals surface area contributed by atoms with Gasteiger partial charge in [0.2, 0.25) is 5.91 Å². The molecule has 0 aromatic heterocycles. The van der Waals surface area contributed by atoms with Crippen LogP contribution in [0.4, 0.5) is 0 Å². The number of rotatable bonds is 12. The molecule has 1 amide bonds. The van der Waals surface area contributed by atoms with Gasteiger partial charge in [-0.1, -0.05) is 58.3 Å². The monoisotopic (exact) mass is 256 g/mol. The van der Waals surface area contributed by atoms with Crippen molar-refractivity contribution in [3.63, 3.8) is 0 Å². The van der Waals surface area contributed by atoms with E-state index in [1.165, 1.54) is 44.9 Å².